The van der Waals surface area contributed by atoms with Crippen LogP contribution in [0.5, 0.6) is 0 Å². The number of nitrogens with one attached hydrogen (secondary N) is 1. The van der Waals surface area contributed by atoms with Crippen LogP contribution in [0.1, 0.15) is 16.1 Å². The van der Waals surface area contributed by atoms with Gasteiger partial charge in [0.2, 0.25) is 0 Å². The van der Waals surface area contributed by atoms with Crippen LogP contribution in [0.15, 0.2) is 28.7 Å². The first-order chi connectivity index (χ1) is 8.47. The van der Waals surface area contributed by atoms with E-state index in [0.29, 0.717) is 21.5 Å². The summed E-state index contributed by atoms with van der Waals surface area (Å²) in [6.45, 7) is 1.87. The number of benzene rings is 1. The van der Waals surface area contributed by atoms with Gasteiger partial charge in [-0.2, -0.15) is 5.10 Å². The first-order valence-corrected chi connectivity index (χ1v) is 6.13. The molecular weight excluding hydrogens is 296 g/mol. The number of hydrogen-bond donors (Lipinski definition) is 2. The maximum Gasteiger partial charge on any atom is 0.256 e. The number of nitrogens with zero attached hydrogens (tertiary/aromatic N) is 2. The SMILES string of the molecule is Cc1cc(NC(=O)c2ccc(N)c(Br)c2)n(C)n1. The van der Waals surface area contributed by atoms with Gasteiger partial charge in [0.25, 0.3) is 5.91 Å². The number of carbonyl (C=O) groups is 1. The molecule has 0 aliphatic carbocycles. The van der Waals surface area contributed by atoms with Crippen LogP contribution < -0.4 is 11.1 Å². The van der Waals surface area contributed by atoms with Gasteiger partial charge >= 0.3 is 0 Å². The van der Waals surface area contributed by atoms with Gasteiger partial charge in [-0.15, -0.1) is 0 Å². The molecule has 0 bridgehead atoms. The third kappa shape index (κ3) is 2.53. The minimum atomic E-state index is -0.196. The maximum absolute atomic E-state index is 12.0. The average molecular weight is 309 g/mol. The first-order valence-electron chi connectivity index (χ1n) is 5.34. The smallest absolute Gasteiger partial charge is 0.256 e. The molecule has 1 aromatic carbocycles. The van der Waals surface area contributed by atoms with Gasteiger partial charge in [0.15, 0.2) is 0 Å². The van der Waals surface area contributed by atoms with Crippen molar-refractivity contribution in [1.82, 2.24) is 9.78 Å². The van der Waals surface area contributed by atoms with Gasteiger partial charge in [0, 0.05) is 28.8 Å². The topological polar surface area (TPSA) is 72.9 Å². The molecule has 0 radical (unpaired) electrons. The van der Waals surface area contributed by atoms with E-state index in [1.165, 1.54) is 0 Å². The quantitative estimate of drug-likeness (QED) is 0.836. The lowest BCUT2D eigenvalue weighted by atomic mass is 10.2. The van der Waals surface area contributed by atoms with Crippen LogP contribution in [-0.2, 0) is 7.05 Å². The van der Waals surface area contributed by atoms with Gasteiger partial charge in [-0.3, -0.25) is 9.48 Å². The molecule has 1 amide bonds. The minimum absolute atomic E-state index is 0.196. The van der Waals surface area contributed by atoms with E-state index in [4.69, 9.17) is 5.73 Å². The van der Waals surface area contributed by atoms with E-state index in [-0.39, 0.29) is 5.91 Å². The van der Waals surface area contributed by atoms with Crippen molar-refractivity contribution in [1.29, 1.82) is 0 Å². The van der Waals surface area contributed by atoms with Crippen molar-refractivity contribution in [2.45, 2.75) is 6.92 Å². The largest absolute Gasteiger partial charge is 0.398 e. The Hall–Kier alpha value is -1.82. The molecule has 0 saturated carbocycles. The van der Waals surface area contributed by atoms with E-state index < -0.39 is 0 Å². The van der Waals surface area contributed by atoms with E-state index in [1.54, 1.807) is 29.9 Å². The summed E-state index contributed by atoms with van der Waals surface area (Å²) >= 11 is 3.30. The molecule has 94 valence electrons. The number of rotatable bonds is 2. The second-order valence-electron chi connectivity index (χ2n) is 3.98. The zero-order valence-electron chi connectivity index (χ0n) is 10.1. The number of anilines is 2. The van der Waals surface area contributed by atoms with Crippen molar-refractivity contribution < 1.29 is 4.79 Å². The van der Waals surface area contributed by atoms with Crippen LogP contribution in [0, 0.1) is 6.92 Å². The summed E-state index contributed by atoms with van der Waals surface area (Å²) < 4.78 is 2.33. The van der Waals surface area contributed by atoms with Crippen LogP contribution in [-0.4, -0.2) is 15.7 Å². The van der Waals surface area contributed by atoms with E-state index >= 15 is 0 Å². The van der Waals surface area contributed by atoms with Gasteiger partial charge in [0.1, 0.15) is 5.82 Å². The number of hydrogen-bond acceptors (Lipinski definition) is 3. The molecule has 0 fully saturated rings. The summed E-state index contributed by atoms with van der Waals surface area (Å²) in [5.41, 5.74) is 7.67. The summed E-state index contributed by atoms with van der Waals surface area (Å²) in [7, 11) is 1.78. The number of halogens is 1. The molecule has 0 atom stereocenters. The lowest BCUT2D eigenvalue weighted by molar-refractivity contribution is 0.102. The van der Waals surface area contributed by atoms with Crippen LogP contribution >= 0.6 is 15.9 Å². The summed E-state index contributed by atoms with van der Waals surface area (Å²) in [6.07, 6.45) is 0. The lowest BCUT2D eigenvalue weighted by Crippen LogP contribution is -2.14. The lowest BCUT2D eigenvalue weighted by Gasteiger charge is -2.06. The molecule has 2 aromatic rings. The molecule has 1 aromatic heterocycles. The molecule has 5 nitrogen and oxygen atoms in total. The molecule has 0 aliphatic rings. The fourth-order valence-corrected chi connectivity index (χ4v) is 1.96. The Labute approximate surface area is 113 Å². The number of aromatic nitrogens is 2. The number of amides is 1. The predicted octanol–water partition coefficient (Wildman–Crippen LogP) is 2.33. The number of aryl methyl sites for hydroxylation is 2. The second-order valence-corrected chi connectivity index (χ2v) is 4.84. The Morgan fingerprint density at radius 3 is 2.72 bits per heavy atom. The van der Waals surface area contributed by atoms with Crippen LogP contribution in [0.2, 0.25) is 0 Å². The van der Waals surface area contributed by atoms with Gasteiger partial charge in [0.05, 0.1) is 5.69 Å². The molecule has 18 heavy (non-hydrogen) atoms. The Morgan fingerprint density at radius 2 is 2.17 bits per heavy atom. The van der Waals surface area contributed by atoms with Gasteiger partial charge < -0.3 is 11.1 Å². The van der Waals surface area contributed by atoms with E-state index in [9.17, 15) is 4.79 Å². The zero-order chi connectivity index (χ0) is 13.3. The highest BCUT2D eigenvalue weighted by Gasteiger charge is 2.10. The number of nitrogen functional groups attached to an aromatic ring is 1. The zero-order valence-corrected chi connectivity index (χ0v) is 11.7. The average Bonchev–Trinajstić information content (AvgIpc) is 2.61. The first kappa shape index (κ1) is 12.6. The van der Waals surface area contributed by atoms with Gasteiger partial charge in [-0.05, 0) is 41.1 Å². The molecule has 0 saturated heterocycles. The highest BCUT2D eigenvalue weighted by atomic mass is 79.9. The Kier molecular flexibility index (Phi) is 3.38. The highest BCUT2D eigenvalue weighted by molar-refractivity contribution is 9.10. The van der Waals surface area contributed by atoms with Gasteiger partial charge in [-0.25, -0.2) is 0 Å². The van der Waals surface area contributed by atoms with Crippen molar-refractivity contribution in [3.8, 4) is 0 Å². The van der Waals surface area contributed by atoms with Crippen LogP contribution in [0.4, 0.5) is 11.5 Å². The van der Waals surface area contributed by atoms with Crippen molar-refractivity contribution >= 4 is 33.3 Å². The third-order valence-corrected chi connectivity index (χ3v) is 3.19. The van der Waals surface area contributed by atoms with Crippen molar-refractivity contribution in [3.63, 3.8) is 0 Å². The normalized spacial score (nSPS) is 10.4. The molecule has 1 heterocycles. The standard InChI is InChI=1S/C12H13BrN4O/c1-7-5-11(17(2)16-7)15-12(18)8-3-4-10(14)9(13)6-8/h3-6H,14H2,1-2H3,(H,15,18). The monoisotopic (exact) mass is 308 g/mol. The number of carbonyl (C=O) groups excluding carboxylic acids is 1. The second kappa shape index (κ2) is 4.81. The van der Waals surface area contributed by atoms with E-state index in [1.807, 2.05) is 13.0 Å². The minimum Gasteiger partial charge on any atom is -0.398 e. The fraction of sp³-hybridized carbons (Fsp3) is 0.167. The van der Waals surface area contributed by atoms with Gasteiger partial charge in [-0.1, -0.05) is 0 Å². The molecule has 3 N–H and O–H groups in total. The summed E-state index contributed by atoms with van der Waals surface area (Å²) in [5.74, 6) is 0.462. The third-order valence-electron chi connectivity index (χ3n) is 2.51. The molecule has 0 spiro atoms. The molecule has 2 rings (SSSR count). The highest BCUT2D eigenvalue weighted by Crippen LogP contribution is 2.21. The molecule has 0 aliphatic heterocycles. The summed E-state index contributed by atoms with van der Waals surface area (Å²) in [6, 6.07) is 6.87. The molecular formula is C12H13BrN4O. The fourth-order valence-electron chi connectivity index (χ4n) is 1.58. The van der Waals surface area contributed by atoms with Crippen molar-refractivity contribution in [2.24, 2.45) is 7.05 Å². The predicted molar refractivity (Wildman–Crippen MR) is 74.5 cm³/mol. The van der Waals surface area contributed by atoms with Crippen LogP contribution in [0.3, 0.4) is 0 Å². The number of nitrogens with two attached hydrogens (primary N) is 1. The maximum atomic E-state index is 12.0. The molecule has 6 heteroatoms. The Bertz CT molecular complexity index is 606. The van der Waals surface area contributed by atoms with Crippen molar-refractivity contribution in [2.75, 3.05) is 11.1 Å². The Morgan fingerprint density at radius 1 is 1.44 bits per heavy atom. The van der Waals surface area contributed by atoms with Crippen LogP contribution in [0.25, 0.3) is 0 Å². The summed E-state index contributed by atoms with van der Waals surface area (Å²) in [4.78, 5) is 12.0. The Balaban J connectivity index is 2.22. The van der Waals surface area contributed by atoms with E-state index in [0.717, 1.165) is 5.69 Å². The molecule has 0 unspecified atom stereocenters. The summed E-state index contributed by atoms with van der Waals surface area (Å²) in [5, 5.41) is 6.96. The van der Waals surface area contributed by atoms with E-state index in [2.05, 4.69) is 26.3 Å². The van der Waals surface area contributed by atoms with Crippen molar-refractivity contribution in [3.05, 3.63) is 40.0 Å².